The highest BCUT2D eigenvalue weighted by Gasteiger charge is 2.25. The second kappa shape index (κ2) is 7.48. The molecule has 7 heteroatoms. The summed E-state index contributed by atoms with van der Waals surface area (Å²) in [7, 11) is -3.42. The van der Waals surface area contributed by atoms with Crippen LogP contribution in [0.1, 0.15) is 60.1 Å². The van der Waals surface area contributed by atoms with Gasteiger partial charge in [-0.2, -0.15) is 0 Å². The van der Waals surface area contributed by atoms with Gasteiger partial charge in [0.1, 0.15) is 9.92 Å². The number of aliphatic hydroxyl groups is 1. The third-order valence-electron chi connectivity index (χ3n) is 6.12. The van der Waals surface area contributed by atoms with Crippen LogP contribution in [0.15, 0.2) is 33.5 Å². The molecule has 0 aromatic heterocycles. The van der Waals surface area contributed by atoms with Gasteiger partial charge in [-0.1, -0.05) is 18.2 Å². The number of nitrogens with two attached hydrogens (primary N) is 1. The molecule has 4 rings (SSSR count). The van der Waals surface area contributed by atoms with Crippen molar-refractivity contribution < 1.29 is 14.1 Å². The number of benzene rings is 2. The van der Waals surface area contributed by atoms with Crippen molar-refractivity contribution in [2.75, 3.05) is 5.32 Å². The summed E-state index contributed by atoms with van der Waals surface area (Å²) in [5, 5.41) is 19.1. The van der Waals surface area contributed by atoms with Gasteiger partial charge in [0.2, 0.25) is 0 Å². The number of amides is 2. The van der Waals surface area contributed by atoms with E-state index in [1.807, 2.05) is 0 Å². The highest BCUT2D eigenvalue weighted by molar-refractivity contribution is 7.91. The van der Waals surface area contributed by atoms with E-state index in [0.717, 1.165) is 44.2 Å². The minimum Gasteiger partial charge on any atom is -0.386 e. The quantitative estimate of drug-likeness (QED) is 0.686. The summed E-state index contributed by atoms with van der Waals surface area (Å²) in [5.41, 5.74) is 6.12. The summed E-state index contributed by atoms with van der Waals surface area (Å²) in [6, 6.07) is 6.59. The van der Waals surface area contributed by atoms with Gasteiger partial charge >= 0.3 is 6.03 Å². The maximum Gasteiger partial charge on any atom is 0.354 e. The largest absolute Gasteiger partial charge is 0.386 e. The molecule has 0 fully saturated rings. The normalized spacial score (nSPS) is 17.2. The zero-order valence-electron chi connectivity index (χ0n) is 17.7. The minimum atomic E-state index is -3.42. The van der Waals surface area contributed by atoms with Gasteiger partial charge in [-0.05, 0) is 98.7 Å². The molecule has 2 aliphatic rings. The molecule has 160 valence electrons. The summed E-state index contributed by atoms with van der Waals surface area (Å²) < 4.78 is 17.0. The van der Waals surface area contributed by atoms with Crippen molar-refractivity contribution in [1.29, 1.82) is 0 Å². The first-order valence-corrected chi connectivity index (χ1v) is 12.0. The van der Waals surface area contributed by atoms with Crippen molar-refractivity contribution >= 4 is 21.6 Å². The number of nitrogens with one attached hydrogen (secondary N) is 1. The molecule has 0 heterocycles. The van der Waals surface area contributed by atoms with E-state index in [9.17, 15) is 14.1 Å². The average molecular weight is 428 g/mol. The monoisotopic (exact) mass is 427 g/mol. The predicted molar refractivity (Wildman–Crippen MR) is 119 cm³/mol. The van der Waals surface area contributed by atoms with Crippen LogP contribution >= 0.6 is 0 Å². The summed E-state index contributed by atoms with van der Waals surface area (Å²) in [4.78, 5) is 13.1. The average Bonchev–Trinajstić information content (AvgIpc) is 3.28. The number of rotatable bonds is 3. The molecule has 2 amide bonds. The Kier molecular flexibility index (Phi) is 5.24. The Hall–Kier alpha value is -2.22. The van der Waals surface area contributed by atoms with Crippen LogP contribution in [0.5, 0.6) is 0 Å². The first kappa shape index (κ1) is 21.0. The number of hydrogen-bond acceptors (Lipinski definition) is 3. The van der Waals surface area contributed by atoms with E-state index in [0.29, 0.717) is 16.0 Å². The van der Waals surface area contributed by atoms with Crippen LogP contribution in [0.3, 0.4) is 0 Å². The molecule has 0 saturated heterocycles. The van der Waals surface area contributed by atoms with Gasteiger partial charge in [0.05, 0.1) is 10.5 Å². The summed E-state index contributed by atoms with van der Waals surface area (Å²) in [5.74, 6) is 0. The highest BCUT2D eigenvalue weighted by Crippen LogP contribution is 2.38. The highest BCUT2D eigenvalue weighted by atomic mass is 32.2. The second-order valence-electron chi connectivity index (χ2n) is 8.86. The Labute approximate surface area is 178 Å². The van der Waals surface area contributed by atoms with Crippen LogP contribution in [0.4, 0.5) is 10.5 Å². The number of fused-ring (bicyclic) bond motifs is 2. The fourth-order valence-electron chi connectivity index (χ4n) is 4.63. The smallest absolute Gasteiger partial charge is 0.354 e. The van der Waals surface area contributed by atoms with Crippen molar-refractivity contribution in [2.45, 2.75) is 69.8 Å². The molecule has 0 saturated carbocycles. The third kappa shape index (κ3) is 3.89. The minimum absolute atomic E-state index is 0.300. The van der Waals surface area contributed by atoms with Crippen molar-refractivity contribution in [2.24, 2.45) is 9.50 Å². The first-order valence-electron chi connectivity index (χ1n) is 10.4. The molecule has 0 aliphatic heterocycles. The molecule has 1 atom stereocenters. The van der Waals surface area contributed by atoms with E-state index < -0.39 is 21.5 Å². The standard InChI is InChI=1S/C23H29N3O3S/c1-14-12-17(23(2,3)28)10-11-20(14)30(24,29)26-22(27)25-21-18-8-4-6-15(18)13-16-7-5-9-19(16)21/h10-13,28H,4-9H2,1-3H3,(H3,24,25,26,27,29)/t30-/m1/s1. The first-order chi connectivity index (χ1) is 14.1. The topological polar surface area (TPSA) is 105 Å². The Morgan fingerprint density at radius 3 is 2.23 bits per heavy atom. The lowest BCUT2D eigenvalue weighted by molar-refractivity contribution is 0.0784. The Bertz CT molecular complexity index is 1120. The van der Waals surface area contributed by atoms with Crippen molar-refractivity contribution in [3.63, 3.8) is 0 Å². The summed E-state index contributed by atoms with van der Waals surface area (Å²) >= 11 is 0. The third-order valence-corrected chi connectivity index (χ3v) is 7.65. The molecule has 6 nitrogen and oxygen atoms in total. The van der Waals surface area contributed by atoms with Crippen LogP contribution in [-0.4, -0.2) is 15.3 Å². The van der Waals surface area contributed by atoms with E-state index in [2.05, 4.69) is 15.7 Å². The zero-order chi connectivity index (χ0) is 21.7. The van der Waals surface area contributed by atoms with Gasteiger partial charge in [-0.25, -0.2) is 14.1 Å². The molecule has 2 aromatic rings. The predicted octanol–water partition coefficient (Wildman–Crippen LogP) is 4.13. The van der Waals surface area contributed by atoms with E-state index >= 15 is 0 Å². The van der Waals surface area contributed by atoms with Gasteiger partial charge < -0.3 is 10.4 Å². The van der Waals surface area contributed by atoms with Crippen molar-refractivity contribution in [3.05, 3.63) is 57.6 Å². The number of anilines is 1. The van der Waals surface area contributed by atoms with Crippen LogP contribution in [0.2, 0.25) is 0 Å². The van der Waals surface area contributed by atoms with E-state index in [1.165, 1.54) is 22.3 Å². The van der Waals surface area contributed by atoms with Gasteiger partial charge in [0.15, 0.2) is 0 Å². The number of urea groups is 1. The summed E-state index contributed by atoms with van der Waals surface area (Å²) in [6.45, 7) is 5.10. The Balaban J connectivity index is 1.67. The Morgan fingerprint density at radius 1 is 1.10 bits per heavy atom. The number of aryl methyl sites for hydroxylation is 3. The molecule has 2 aromatic carbocycles. The van der Waals surface area contributed by atoms with Crippen LogP contribution in [0.25, 0.3) is 0 Å². The van der Waals surface area contributed by atoms with E-state index in [4.69, 9.17) is 5.14 Å². The Morgan fingerprint density at radius 2 is 1.70 bits per heavy atom. The molecule has 0 bridgehead atoms. The van der Waals surface area contributed by atoms with Gasteiger partial charge in [0, 0.05) is 5.69 Å². The van der Waals surface area contributed by atoms with Crippen molar-refractivity contribution in [1.82, 2.24) is 0 Å². The summed E-state index contributed by atoms with van der Waals surface area (Å²) in [6.07, 6.45) is 6.10. The van der Waals surface area contributed by atoms with Gasteiger partial charge in [0.25, 0.3) is 0 Å². The van der Waals surface area contributed by atoms with Gasteiger partial charge in [-0.15, -0.1) is 4.36 Å². The van der Waals surface area contributed by atoms with Gasteiger partial charge in [-0.3, -0.25) is 0 Å². The lowest BCUT2D eigenvalue weighted by atomic mass is 9.97. The van der Waals surface area contributed by atoms with E-state index in [1.54, 1.807) is 39.0 Å². The molecular formula is C23H29N3O3S. The molecule has 0 spiro atoms. The van der Waals surface area contributed by atoms with E-state index in [-0.39, 0.29) is 0 Å². The maximum atomic E-state index is 13.1. The zero-order valence-corrected chi connectivity index (χ0v) is 18.6. The fraction of sp³-hybridized carbons (Fsp3) is 0.435. The molecule has 30 heavy (non-hydrogen) atoms. The van der Waals surface area contributed by atoms with Crippen molar-refractivity contribution in [3.8, 4) is 0 Å². The number of carbonyl (C=O) groups is 1. The molecule has 0 unspecified atom stereocenters. The molecule has 0 radical (unpaired) electrons. The number of hydrogen-bond donors (Lipinski definition) is 3. The molecular weight excluding hydrogens is 398 g/mol. The number of carbonyl (C=O) groups excluding carboxylic acids is 1. The molecule has 4 N–H and O–H groups in total. The van der Waals surface area contributed by atoms with Crippen LogP contribution in [-0.2, 0) is 41.2 Å². The maximum absolute atomic E-state index is 13.1. The van der Waals surface area contributed by atoms with Crippen LogP contribution < -0.4 is 10.5 Å². The lowest BCUT2D eigenvalue weighted by Crippen LogP contribution is -2.21. The van der Waals surface area contributed by atoms with Crippen LogP contribution in [0, 0.1) is 6.92 Å². The molecule has 2 aliphatic carbocycles. The lowest BCUT2D eigenvalue weighted by Gasteiger charge is -2.19. The SMILES string of the molecule is Cc1cc(C(C)(C)O)ccc1[S@](N)(=O)=NC(=O)Nc1c2c(cc3c1CCC3)CCC2. The number of nitrogens with zero attached hydrogens (tertiary/aromatic N) is 1. The fourth-order valence-corrected chi connectivity index (χ4v) is 5.80. The second-order valence-corrected chi connectivity index (χ2v) is 10.6.